The van der Waals surface area contributed by atoms with E-state index in [-0.39, 0.29) is 11.9 Å². The van der Waals surface area contributed by atoms with E-state index in [1.54, 1.807) is 16.8 Å². The standard InChI is InChI=1S/C15H20FN5/c1-10-3-2-4-12(7-5-10)21-15(18-19-20-21)13-8-6-11(17)9-14(13)16/h6,8-10,12H,2-5,7,17H2,1H3. The van der Waals surface area contributed by atoms with Crippen LogP contribution >= 0.6 is 0 Å². The molecule has 0 radical (unpaired) electrons. The smallest absolute Gasteiger partial charge is 0.185 e. The first-order chi connectivity index (χ1) is 10.1. The number of rotatable bonds is 2. The number of tetrazole rings is 1. The van der Waals surface area contributed by atoms with Crippen molar-refractivity contribution in [3.8, 4) is 11.4 Å². The van der Waals surface area contributed by atoms with Gasteiger partial charge in [-0.05, 0) is 53.8 Å². The minimum Gasteiger partial charge on any atom is -0.399 e. The molecule has 1 aromatic carbocycles. The van der Waals surface area contributed by atoms with Crippen molar-refractivity contribution in [2.75, 3.05) is 5.73 Å². The third-order valence-corrected chi connectivity index (χ3v) is 4.30. The van der Waals surface area contributed by atoms with E-state index in [2.05, 4.69) is 22.4 Å². The van der Waals surface area contributed by atoms with E-state index in [1.807, 2.05) is 0 Å². The van der Waals surface area contributed by atoms with Gasteiger partial charge in [-0.25, -0.2) is 9.07 Å². The molecule has 0 aliphatic heterocycles. The third-order valence-electron chi connectivity index (χ3n) is 4.30. The van der Waals surface area contributed by atoms with E-state index in [9.17, 15) is 4.39 Å². The molecule has 3 rings (SSSR count). The van der Waals surface area contributed by atoms with Crippen LogP contribution in [0.3, 0.4) is 0 Å². The van der Waals surface area contributed by atoms with Crippen LogP contribution in [0.25, 0.3) is 11.4 Å². The highest BCUT2D eigenvalue weighted by atomic mass is 19.1. The van der Waals surface area contributed by atoms with Crippen molar-refractivity contribution in [3.05, 3.63) is 24.0 Å². The molecule has 1 aliphatic carbocycles. The molecule has 0 amide bonds. The van der Waals surface area contributed by atoms with E-state index < -0.39 is 0 Å². The summed E-state index contributed by atoms with van der Waals surface area (Å²) < 4.78 is 15.9. The van der Waals surface area contributed by atoms with Gasteiger partial charge in [-0.15, -0.1) is 5.10 Å². The van der Waals surface area contributed by atoms with Gasteiger partial charge in [-0.1, -0.05) is 19.8 Å². The van der Waals surface area contributed by atoms with Crippen LogP contribution in [-0.4, -0.2) is 20.2 Å². The number of hydrogen-bond acceptors (Lipinski definition) is 4. The lowest BCUT2D eigenvalue weighted by atomic mass is 10.0. The van der Waals surface area contributed by atoms with Gasteiger partial charge >= 0.3 is 0 Å². The Hall–Kier alpha value is -1.98. The first-order valence-corrected chi connectivity index (χ1v) is 7.48. The van der Waals surface area contributed by atoms with Crippen LogP contribution in [0.2, 0.25) is 0 Å². The van der Waals surface area contributed by atoms with Crippen LogP contribution in [-0.2, 0) is 0 Å². The topological polar surface area (TPSA) is 69.6 Å². The number of nitrogens with zero attached hydrogens (tertiary/aromatic N) is 4. The monoisotopic (exact) mass is 289 g/mol. The Morgan fingerprint density at radius 1 is 1.24 bits per heavy atom. The molecule has 2 unspecified atom stereocenters. The lowest BCUT2D eigenvalue weighted by Crippen LogP contribution is -2.12. The number of halogens is 1. The molecule has 0 saturated heterocycles. The second-order valence-corrected chi connectivity index (χ2v) is 5.95. The van der Waals surface area contributed by atoms with Crippen LogP contribution in [0.1, 0.15) is 45.1 Å². The van der Waals surface area contributed by atoms with Gasteiger partial charge in [0, 0.05) is 5.69 Å². The fraction of sp³-hybridized carbons (Fsp3) is 0.533. The zero-order valence-corrected chi connectivity index (χ0v) is 12.2. The molecular formula is C15H20FN5. The summed E-state index contributed by atoms with van der Waals surface area (Å²) in [6.45, 7) is 2.28. The fourth-order valence-corrected chi connectivity index (χ4v) is 3.04. The summed E-state index contributed by atoms with van der Waals surface area (Å²) in [5, 5.41) is 11.9. The molecule has 0 bridgehead atoms. The zero-order valence-electron chi connectivity index (χ0n) is 12.2. The van der Waals surface area contributed by atoms with Gasteiger partial charge in [0.1, 0.15) is 5.82 Å². The van der Waals surface area contributed by atoms with Crippen molar-refractivity contribution in [1.29, 1.82) is 0 Å². The van der Waals surface area contributed by atoms with Gasteiger partial charge in [0.2, 0.25) is 0 Å². The molecule has 1 aromatic heterocycles. The van der Waals surface area contributed by atoms with Crippen molar-refractivity contribution < 1.29 is 4.39 Å². The fourth-order valence-electron chi connectivity index (χ4n) is 3.04. The summed E-state index contributed by atoms with van der Waals surface area (Å²) >= 11 is 0. The summed E-state index contributed by atoms with van der Waals surface area (Å²) in [4.78, 5) is 0. The Labute approximate surface area is 123 Å². The summed E-state index contributed by atoms with van der Waals surface area (Å²) in [5.74, 6) is 0.850. The normalized spacial score (nSPS) is 23.0. The summed E-state index contributed by atoms with van der Waals surface area (Å²) in [6, 6.07) is 4.87. The molecule has 1 saturated carbocycles. The van der Waals surface area contributed by atoms with Crippen molar-refractivity contribution in [1.82, 2.24) is 20.2 Å². The average molecular weight is 289 g/mol. The van der Waals surface area contributed by atoms with Crippen LogP contribution in [0.4, 0.5) is 10.1 Å². The Morgan fingerprint density at radius 2 is 2.10 bits per heavy atom. The molecule has 0 spiro atoms. The molecule has 21 heavy (non-hydrogen) atoms. The average Bonchev–Trinajstić information content (AvgIpc) is 2.82. The molecular weight excluding hydrogens is 269 g/mol. The maximum absolute atomic E-state index is 14.1. The van der Waals surface area contributed by atoms with Crippen LogP contribution in [0.5, 0.6) is 0 Å². The Morgan fingerprint density at radius 3 is 2.90 bits per heavy atom. The quantitative estimate of drug-likeness (QED) is 0.681. The maximum atomic E-state index is 14.1. The van der Waals surface area contributed by atoms with Crippen LogP contribution in [0.15, 0.2) is 18.2 Å². The SMILES string of the molecule is CC1CCCC(n2nnnc2-c2ccc(N)cc2F)CC1. The van der Waals surface area contributed by atoms with Gasteiger partial charge in [-0.2, -0.15) is 0 Å². The van der Waals surface area contributed by atoms with Gasteiger partial charge in [-0.3, -0.25) is 0 Å². The minimum absolute atomic E-state index is 0.247. The molecule has 1 fully saturated rings. The van der Waals surface area contributed by atoms with Crippen LogP contribution in [0, 0.1) is 11.7 Å². The van der Waals surface area contributed by atoms with E-state index in [4.69, 9.17) is 5.73 Å². The van der Waals surface area contributed by atoms with E-state index >= 15 is 0 Å². The highest BCUT2D eigenvalue weighted by Gasteiger charge is 2.23. The van der Waals surface area contributed by atoms with Crippen molar-refractivity contribution >= 4 is 5.69 Å². The summed E-state index contributed by atoms with van der Waals surface area (Å²) in [6.07, 6.45) is 5.64. The molecule has 2 N–H and O–H groups in total. The van der Waals surface area contributed by atoms with Gasteiger partial charge < -0.3 is 5.73 Å². The second kappa shape index (κ2) is 5.79. The highest BCUT2D eigenvalue weighted by Crippen LogP contribution is 2.32. The van der Waals surface area contributed by atoms with Crippen LogP contribution < -0.4 is 5.73 Å². The number of nitrogen functional groups attached to an aromatic ring is 1. The molecule has 5 nitrogen and oxygen atoms in total. The predicted octanol–water partition coefficient (Wildman–Crippen LogP) is 3.20. The first kappa shape index (κ1) is 14.0. The Balaban J connectivity index is 1.93. The van der Waals surface area contributed by atoms with Crippen molar-refractivity contribution in [3.63, 3.8) is 0 Å². The van der Waals surface area contributed by atoms with Crippen molar-refractivity contribution in [2.45, 2.75) is 45.1 Å². The lowest BCUT2D eigenvalue weighted by Gasteiger charge is -2.16. The second-order valence-electron chi connectivity index (χ2n) is 5.95. The third kappa shape index (κ3) is 2.89. The molecule has 1 heterocycles. The Bertz CT molecular complexity index is 624. The van der Waals surface area contributed by atoms with E-state index in [0.717, 1.165) is 31.6 Å². The predicted molar refractivity (Wildman–Crippen MR) is 78.9 cm³/mol. The van der Waals surface area contributed by atoms with E-state index in [1.165, 1.54) is 12.5 Å². The molecule has 2 aromatic rings. The minimum atomic E-state index is -0.381. The number of benzene rings is 1. The van der Waals surface area contributed by atoms with Crippen molar-refractivity contribution in [2.24, 2.45) is 5.92 Å². The largest absolute Gasteiger partial charge is 0.399 e. The number of nitrogens with two attached hydrogens (primary N) is 1. The Kier molecular flexibility index (Phi) is 3.86. The molecule has 1 aliphatic rings. The number of hydrogen-bond donors (Lipinski definition) is 1. The molecule has 112 valence electrons. The number of aromatic nitrogens is 4. The molecule has 6 heteroatoms. The zero-order chi connectivity index (χ0) is 14.8. The van der Waals surface area contributed by atoms with Gasteiger partial charge in [0.05, 0.1) is 11.6 Å². The number of anilines is 1. The van der Waals surface area contributed by atoms with Gasteiger partial charge in [0.15, 0.2) is 5.82 Å². The highest BCUT2D eigenvalue weighted by molar-refractivity contribution is 5.59. The molecule has 2 atom stereocenters. The summed E-state index contributed by atoms with van der Waals surface area (Å²) in [5.41, 5.74) is 6.41. The maximum Gasteiger partial charge on any atom is 0.185 e. The van der Waals surface area contributed by atoms with Gasteiger partial charge in [0.25, 0.3) is 0 Å². The first-order valence-electron chi connectivity index (χ1n) is 7.48. The van der Waals surface area contributed by atoms with E-state index in [0.29, 0.717) is 17.1 Å². The lowest BCUT2D eigenvalue weighted by molar-refractivity contribution is 0.393. The summed E-state index contributed by atoms with van der Waals surface area (Å²) in [7, 11) is 0.